The van der Waals surface area contributed by atoms with Gasteiger partial charge in [0.05, 0.1) is 12.8 Å². The van der Waals surface area contributed by atoms with Crippen LogP contribution in [0, 0.1) is 0 Å². The fourth-order valence-corrected chi connectivity index (χ4v) is 1.76. The van der Waals surface area contributed by atoms with Crippen LogP contribution in [0.5, 0.6) is 5.75 Å². The molecule has 0 atom stereocenters. The van der Waals surface area contributed by atoms with Crippen LogP contribution in [0.25, 0.3) is 0 Å². The molecule has 0 heterocycles. The van der Waals surface area contributed by atoms with E-state index in [0.29, 0.717) is 6.54 Å². The highest BCUT2D eigenvalue weighted by Crippen LogP contribution is 2.30. The van der Waals surface area contributed by atoms with E-state index in [0.717, 1.165) is 28.9 Å². The maximum Gasteiger partial charge on any atom is 0.142 e. The molecule has 0 amide bonds. The van der Waals surface area contributed by atoms with Crippen LogP contribution in [-0.4, -0.2) is 27.2 Å². The largest absolute Gasteiger partial charge is 0.495 e. The van der Waals surface area contributed by atoms with Gasteiger partial charge in [-0.2, -0.15) is 0 Å². The lowest BCUT2D eigenvalue weighted by molar-refractivity contribution is 0.414. The van der Waals surface area contributed by atoms with Crippen molar-refractivity contribution in [3.05, 3.63) is 22.7 Å². The highest BCUT2D eigenvalue weighted by Gasteiger charge is 2.07. The molecule has 0 radical (unpaired) electrons. The molecule has 1 aromatic carbocycles. The number of nitrogens with two attached hydrogens (primary N) is 1. The van der Waals surface area contributed by atoms with Gasteiger partial charge in [-0.15, -0.1) is 0 Å². The number of ether oxygens (including phenoxy) is 1. The lowest BCUT2D eigenvalue weighted by Crippen LogP contribution is -2.21. The molecule has 1 rings (SSSR count). The molecule has 0 unspecified atom stereocenters. The lowest BCUT2D eigenvalue weighted by Gasteiger charge is -2.21. The van der Waals surface area contributed by atoms with Gasteiger partial charge in [-0.1, -0.05) is 15.9 Å². The molecule has 0 aliphatic heterocycles. The monoisotopic (exact) mass is 272 g/mol. The molecule has 15 heavy (non-hydrogen) atoms. The quantitative estimate of drug-likeness (QED) is 0.894. The molecule has 3 nitrogen and oxygen atoms in total. The van der Waals surface area contributed by atoms with Crippen LogP contribution in [0.3, 0.4) is 0 Å². The zero-order chi connectivity index (χ0) is 11.3. The smallest absolute Gasteiger partial charge is 0.142 e. The third-order valence-corrected chi connectivity index (χ3v) is 2.74. The molecule has 2 N–H and O–H groups in total. The fraction of sp³-hybridized carbons (Fsp3) is 0.455. The van der Waals surface area contributed by atoms with Crippen molar-refractivity contribution in [3.63, 3.8) is 0 Å². The van der Waals surface area contributed by atoms with Gasteiger partial charge < -0.3 is 15.4 Å². The normalized spacial score (nSPS) is 10.1. The predicted octanol–water partition coefficient (Wildman–Crippen LogP) is 2.24. The van der Waals surface area contributed by atoms with Crippen LogP contribution in [0.15, 0.2) is 22.7 Å². The number of halogens is 1. The van der Waals surface area contributed by atoms with Crippen molar-refractivity contribution >= 4 is 21.6 Å². The molecule has 0 aliphatic carbocycles. The summed E-state index contributed by atoms with van der Waals surface area (Å²) in [6.07, 6.45) is 0.978. The molecule has 0 saturated heterocycles. The summed E-state index contributed by atoms with van der Waals surface area (Å²) in [4.78, 5) is 2.15. The second kappa shape index (κ2) is 5.98. The van der Waals surface area contributed by atoms with Gasteiger partial charge in [-0.3, -0.25) is 0 Å². The average molecular weight is 273 g/mol. The second-order valence-electron chi connectivity index (χ2n) is 3.38. The Bertz CT molecular complexity index is 317. The van der Waals surface area contributed by atoms with E-state index in [-0.39, 0.29) is 0 Å². The summed E-state index contributed by atoms with van der Waals surface area (Å²) in [5.74, 6) is 0.887. The average Bonchev–Trinajstić information content (AvgIpc) is 2.25. The Morgan fingerprint density at radius 3 is 2.80 bits per heavy atom. The van der Waals surface area contributed by atoms with Gasteiger partial charge >= 0.3 is 0 Å². The van der Waals surface area contributed by atoms with Crippen LogP contribution in [-0.2, 0) is 0 Å². The summed E-state index contributed by atoms with van der Waals surface area (Å²) < 4.78 is 6.36. The number of hydrogen-bond acceptors (Lipinski definition) is 3. The van der Waals surface area contributed by atoms with E-state index >= 15 is 0 Å². The molecule has 0 saturated carbocycles. The Balaban J connectivity index is 2.85. The molecule has 0 aromatic heterocycles. The summed E-state index contributed by atoms with van der Waals surface area (Å²) in [6.45, 7) is 1.64. The number of rotatable bonds is 5. The third kappa shape index (κ3) is 3.39. The van der Waals surface area contributed by atoms with E-state index in [1.54, 1.807) is 7.11 Å². The van der Waals surface area contributed by atoms with Crippen molar-refractivity contribution in [1.29, 1.82) is 0 Å². The van der Waals surface area contributed by atoms with E-state index in [9.17, 15) is 0 Å². The van der Waals surface area contributed by atoms with Crippen molar-refractivity contribution in [1.82, 2.24) is 0 Å². The van der Waals surface area contributed by atoms with E-state index in [1.807, 2.05) is 19.2 Å². The topological polar surface area (TPSA) is 38.5 Å². The first-order valence-corrected chi connectivity index (χ1v) is 5.73. The zero-order valence-corrected chi connectivity index (χ0v) is 10.8. The van der Waals surface area contributed by atoms with Gasteiger partial charge in [0.25, 0.3) is 0 Å². The molecule has 0 bridgehead atoms. The molecule has 0 fully saturated rings. The highest BCUT2D eigenvalue weighted by atomic mass is 79.9. The second-order valence-corrected chi connectivity index (χ2v) is 4.30. The highest BCUT2D eigenvalue weighted by molar-refractivity contribution is 9.10. The summed E-state index contributed by atoms with van der Waals surface area (Å²) in [5.41, 5.74) is 6.57. The molecule has 4 heteroatoms. The number of nitrogens with zero attached hydrogens (tertiary/aromatic N) is 1. The number of hydrogen-bond donors (Lipinski definition) is 1. The Labute approximate surface area is 99.3 Å². The lowest BCUT2D eigenvalue weighted by atomic mass is 10.2. The van der Waals surface area contributed by atoms with E-state index in [1.165, 1.54) is 0 Å². The van der Waals surface area contributed by atoms with Gasteiger partial charge in [0.1, 0.15) is 5.75 Å². The fourth-order valence-electron chi connectivity index (χ4n) is 1.41. The molecular weight excluding hydrogens is 256 g/mol. The summed E-state index contributed by atoms with van der Waals surface area (Å²) in [6, 6.07) is 5.98. The maximum atomic E-state index is 5.49. The molecule has 84 valence electrons. The summed E-state index contributed by atoms with van der Waals surface area (Å²) in [7, 11) is 3.73. The van der Waals surface area contributed by atoms with E-state index in [4.69, 9.17) is 10.5 Å². The summed E-state index contributed by atoms with van der Waals surface area (Å²) >= 11 is 3.46. The molecule has 1 aromatic rings. The van der Waals surface area contributed by atoms with Gasteiger partial charge in [0, 0.05) is 18.1 Å². The Hall–Kier alpha value is -0.740. The molecule has 0 spiro atoms. The predicted molar refractivity (Wildman–Crippen MR) is 67.6 cm³/mol. The van der Waals surface area contributed by atoms with Crippen LogP contribution in [0.4, 0.5) is 5.69 Å². The Kier molecular flexibility index (Phi) is 4.91. The van der Waals surface area contributed by atoms with Gasteiger partial charge in [-0.05, 0) is 31.2 Å². The van der Waals surface area contributed by atoms with E-state index in [2.05, 4.69) is 26.9 Å². The van der Waals surface area contributed by atoms with Crippen molar-refractivity contribution in [2.75, 3.05) is 32.1 Å². The third-order valence-electron chi connectivity index (χ3n) is 2.25. The van der Waals surface area contributed by atoms with Gasteiger partial charge in [0.2, 0.25) is 0 Å². The van der Waals surface area contributed by atoms with Gasteiger partial charge in [0.15, 0.2) is 0 Å². The van der Waals surface area contributed by atoms with Crippen molar-refractivity contribution in [2.24, 2.45) is 5.73 Å². The minimum Gasteiger partial charge on any atom is -0.495 e. The van der Waals surface area contributed by atoms with Crippen molar-refractivity contribution in [2.45, 2.75) is 6.42 Å². The Morgan fingerprint density at radius 2 is 2.20 bits per heavy atom. The molecule has 0 aliphatic rings. The molecular formula is C11H17BrN2O. The van der Waals surface area contributed by atoms with Crippen LogP contribution < -0.4 is 15.4 Å². The zero-order valence-electron chi connectivity index (χ0n) is 9.16. The minimum atomic E-state index is 0.709. The Morgan fingerprint density at radius 1 is 1.47 bits per heavy atom. The van der Waals surface area contributed by atoms with Crippen molar-refractivity contribution < 1.29 is 4.74 Å². The van der Waals surface area contributed by atoms with Crippen LogP contribution >= 0.6 is 15.9 Å². The SMILES string of the molecule is COc1ccc(Br)cc1N(C)CCCN. The summed E-state index contributed by atoms with van der Waals surface area (Å²) in [5, 5.41) is 0. The number of methoxy groups -OCH3 is 1. The number of benzene rings is 1. The first kappa shape index (κ1) is 12.3. The number of anilines is 1. The van der Waals surface area contributed by atoms with Gasteiger partial charge in [-0.25, -0.2) is 0 Å². The van der Waals surface area contributed by atoms with Crippen LogP contribution in [0.2, 0.25) is 0 Å². The van der Waals surface area contributed by atoms with E-state index < -0.39 is 0 Å². The first-order chi connectivity index (χ1) is 7.19. The minimum absolute atomic E-state index is 0.709. The maximum absolute atomic E-state index is 5.49. The first-order valence-electron chi connectivity index (χ1n) is 4.93. The standard InChI is InChI=1S/C11H17BrN2O/c1-14(7-3-6-13)10-8-9(12)4-5-11(10)15-2/h4-5,8H,3,6-7,13H2,1-2H3. The van der Waals surface area contributed by atoms with Crippen molar-refractivity contribution in [3.8, 4) is 5.75 Å². The van der Waals surface area contributed by atoms with Crippen LogP contribution in [0.1, 0.15) is 6.42 Å².